The molecule has 2 N–H and O–H groups in total. The summed E-state index contributed by atoms with van der Waals surface area (Å²) in [6.07, 6.45) is 7.49. The number of hydrogen-bond donors (Lipinski definition) is 2. The third-order valence-electron chi connectivity index (χ3n) is 6.80. The molecule has 1 aromatic heterocycles. The summed E-state index contributed by atoms with van der Waals surface area (Å²) in [5.74, 6) is 0.540. The summed E-state index contributed by atoms with van der Waals surface area (Å²) in [7, 11) is 0. The van der Waals surface area contributed by atoms with Crippen LogP contribution in [0.4, 0.5) is 10.5 Å². The van der Waals surface area contributed by atoms with E-state index in [1.54, 1.807) is 12.3 Å². The molecule has 2 aliphatic heterocycles. The molecule has 6 heteroatoms. The zero-order chi connectivity index (χ0) is 18.4. The van der Waals surface area contributed by atoms with Gasteiger partial charge in [-0.3, -0.25) is 4.79 Å². The lowest BCUT2D eigenvalue weighted by Gasteiger charge is -2.64. The average Bonchev–Trinajstić information content (AvgIpc) is 2.61. The smallest absolute Gasteiger partial charge is 0.322 e. The van der Waals surface area contributed by atoms with Gasteiger partial charge in [0, 0.05) is 48.5 Å². The molecule has 2 saturated heterocycles. The zero-order valence-corrected chi connectivity index (χ0v) is 15.4. The summed E-state index contributed by atoms with van der Waals surface area (Å²) < 4.78 is 5.53. The number of aromatic amines is 1. The summed E-state index contributed by atoms with van der Waals surface area (Å²) in [5, 5.41) is 4.48. The molecule has 1 atom stereocenters. The van der Waals surface area contributed by atoms with E-state index in [0.717, 1.165) is 38.0 Å². The quantitative estimate of drug-likeness (QED) is 0.855. The fourth-order valence-electron chi connectivity index (χ4n) is 5.27. The predicted octanol–water partition coefficient (Wildman–Crippen LogP) is 3.34. The van der Waals surface area contributed by atoms with Crippen LogP contribution in [0.5, 0.6) is 0 Å². The van der Waals surface area contributed by atoms with E-state index in [0.29, 0.717) is 28.4 Å². The van der Waals surface area contributed by atoms with Gasteiger partial charge in [-0.15, -0.1) is 0 Å². The SMILES string of the molecule is O=C(Nc1ccc2cc[nH]c(=O)c2c1)N1CC2(CCC2)C1C1CCOCC1. The van der Waals surface area contributed by atoms with Gasteiger partial charge in [-0.05, 0) is 55.2 Å². The fourth-order valence-corrected chi connectivity index (χ4v) is 5.27. The van der Waals surface area contributed by atoms with E-state index in [-0.39, 0.29) is 11.6 Å². The summed E-state index contributed by atoms with van der Waals surface area (Å²) in [6, 6.07) is 7.64. The van der Waals surface area contributed by atoms with E-state index in [4.69, 9.17) is 4.74 Å². The van der Waals surface area contributed by atoms with Crippen molar-refractivity contribution < 1.29 is 9.53 Å². The van der Waals surface area contributed by atoms with E-state index in [1.165, 1.54) is 19.3 Å². The lowest BCUT2D eigenvalue weighted by Crippen LogP contribution is -2.72. The van der Waals surface area contributed by atoms with Crippen LogP contribution in [-0.2, 0) is 4.74 Å². The molecule has 1 saturated carbocycles. The first kappa shape index (κ1) is 16.8. The maximum Gasteiger partial charge on any atom is 0.322 e. The Bertz CT molecular complexity index is 928. The maximum absolute atomic E-state index is 13.0. The minimum atomic E-state index is -0.138. The monoisotopic (exact) mass is 367 g/mol. The number of anilines is 1. The number of ether oxygens (including phenoxy) is 1. The summed E-state index contributed by atoms with van der Waals surface area (Å²) >= 11 is 0. The van der Waals surface area contributed by atoms with Gasteiger partial charge >= 0.3 is 6.03 Å². The van der Waals surface area contributed by atoms with Crippen LogP contribution >= 0.6 is 0 Å². The number of amides is 2. The second-order valence-electron chi connectivity index (χ2n) is 8.28. The first-order valence-corrected chi connectivity index (χ1v) is 9.93. The lowest BCUT2D eigenvalue weighted by molar-refractivity contribution is -0.135. The number of likely N-dealkylation sites (tertiary alicyclic amines) is 1. The number of hydrogen-bond acceptors (Lipinski definition) is 3. The lowest BCUT2D eigenvalue weighted by atomic mass is 9.54. The van der Waals surface area contributed by atoms with Crippen molar-refractivity contribution in [2.75, 3.05) is 25.1 Å². The molecule has 6 nitrogen and oxygen atoms in total. The molecule has 3 heterocycles. The van der Waals surface area contributed by atoms with Crippen LogP contribution in [0.15, 0.2) is 35.3 Å². The van der Waals surface area contributed by atoms with Crippen molar-refractivity contribution in [3.63, 3.8) is 0 Å². The highest BCUT2D eigenvalue weighted by atomic mass is 16.5. The van der Waals surface area contributed by atoms with E-state index in [2.05, 4.69) is 10.3 Å². The fraction of sp³-hybridized carbons (Fsp3) is 0.524. The number of fused-ring (bicyclic) bond motifs is 1. The number of urea groups is 1. The Labute approximate surface area is 157 Å². The third-order valence-corrected chi connectivity index (χ3v) is 6.80. The Morgan fingerprint density at radius 2 is 2.04 bits per heavy atom. The van der Waals surface area contributed by atoms with Crippen LogP contribution in [0.2, 0.25) is 0 Å². The van der Waals surface area contributed by atoms with Crippen LogP contribution < -0.4 is 10.9 Å². The molecule has 1 spiro atoms. The Hall–Kier alpha value is -2.34. The number of nitrogens with one attached hydrogen (secondary N) is 2. The van der Waals surface area contributed by atoms with Gasteiger partial charge in [-0.2, -0.15) is 0 Å². The molecule has 142 valence electrons. The number of nitrogens with zero attached hydrogens (tertiary/aromatic N) is 1. The minimum Gasteiger partial charge on any atom is -0.381 e. The molecule has 3 aliphatic rings. The van der Waals surface area contributed by atoms with Gasteiger partial charge < -0.3 is 19.9 Å². The van der Waals surface area contributed by atoms with Crippen LogP contribution in [0.1, 0.15) is 32.1 Å². The highest BCUT2D eigenvalue weighted by molar-refractivity contribution is 5.94. The maximum atomic E-state index is 13.0. The van der Waals surface area contributed by atoms with Crippen molar-refractivity contribution in [2.45, 2.75) is 38.1 Å². The molecule has 1 unspecified atom stereocenters. The van der Waals surface area contributed by atoms with Crippen molar-refractivity contribution in [2.24, 2.45) is 11.3 Å². The second-order valence-corrected chi connectivity index (χ2v) is 8.28. The van der Waals surface area contributed by atoms with Crippen LogP contribution in [0.3, 0.4) is 0 Å². The van der Waals surface area contributed by atoms with E-state index in [1.807, 2.05) is 23.1 Å². The first-order valence-electron chi connectivity index (χ1n) is 9.93. The first-order chi connectivity index (χ1) is 13.2. The Balaban J connectivity index is 1.36. The zero-order valence-electron chi connectivity index (χ0n) is 15.4. The number of H-pyrrole nitrogens is 1. The van der Waals surface area contributed by atoms with E-state index < -0.39 is 0 Å². The minimum absolute atomic E-state index is 0.0456. The number of rotatable bonds is 2. The van der Waals surface area contributed by atoms with Gasteiger partial charge in [0.05, 0.1) is 0 Å². The molecule has 0 radical (unpaired) electrons. The van der Waals surface area contributed by atoms with Gasteiger partial charge in [-0.25, -0.2) is 4.79 Å². The van der Waals surface area contributed by atoms with Crippen molar-refractivity contribution in [3.05, 3.63) is 40.8 Å². The van der Waals surface area contributed by atoms with Crippen molar-refractivity contribution in [1.82, 2.24) is 9.88 Å². The largest absolute Gasteiger partial charge is 0.381 e. The number of carbonyl (C=O) groups is 1. The summed E-state index contributed by atoms with van der Waals surface area (Å²) in [5.41, 5.74) is 0.880. The molecule has 2 amide bonds. The highest BCUT2D eigenvalue weighted by Crippen LogP contribution is 2.56. The summed E-state index contributed by atoms with van der Waals surface area (Å²) in [6.45, 7) is 2.47. The van der Waals surface area contributed by atoms with Crippen molar-refractivity contribution >= 4 is 22.5 Å². The van der Waals surface area contributed by atoms with Crippen molar-refractivity contribution in [1.29, 1.82) is 0 Å². The van der Waals surface area contributed by atoms with Gasteiger partial charge in [0.1, 0.15) is 0 Å². The van der Waals surface area contributed by atoms with Crippen LogP contribution in [0, 0.1) is 11.3 Å². The standard InChI is InChI=1S/C21H25N3O3/c25-19-17-12-16(3-2-14(17)4-9-22-19)23-20(26)24-13-21(7-1-8-21)18(24)15-5-10-27-11-6-15/h2-4,9,12,15,18H,1,5-8,10-11,13H2,(H,22,25)(H,23,26). The molecule has 3 fully saturated rings. The molecule has 2 aromatic rings. The molecule has 5 rings (SSSR count). The van der Waals surface area contributed by atoms with Gasteiger partial charge in [-0.1, -0.05) is 12.5 Å². The van der Waals surface area contributed by atoms with Crippen molar-refractivity contribution in [3.8, 4) is 0 Å². The number of benzene rings is 1. The third kappa shape index (κ3) is 2.74. The van der Waals surface area contributed by atoms with E-state index in [9.17, 15) is 9.59 Å². The Morgan fingerprint density at radius 3 is 2.78 bits per heavy atom. The number of pyridine rings is 1. The Kier molecular flexibility index (Phi) is 3.97. The molecular weight excluding hydrogens is 342 g/mol. The average molecular weight is 367 g/mol. The van der Waals surface area contributed by atoms with Gasteiger partial charge in [0.15, 0.2) is 0 Å². The molecule has 0 bridgehead atoms. The molecular formula is C21H25N3O3. The molecule has 27 heavy (non-hydrogen) atoms. The number of carbonyl (C=O) groups excluding carboxylic acids is 1. The molecule has 1 aromatic carbocycles. The number of aromatic nitrogens is 1. The van der Waals surface area contributed by atoms with Crippen LogP contribution in [-0.4, -0.2) is 41.7 Å². The van der Waals surface area contributed by atoms with Gasteiger partial charge in [0.2, 0.25) is 0 Å². The summed E-state index contributed by atoms with van der Waals surface area (Å²) in [4.78, 5) is 29.7. The second kappa shape index (κ2) is 6.37. The van der Waals surface area contributed by atoms with Gasteiger partial charge in [0.25, 0.3) is 5.56 Å². The van der Waals surface area contributed by atoms with E-state index >= 15 is 0 Å². The Morgan fingerprint density at radius 1 is 1.22 bits per heavy atom. The van der Waals surface area contributed by atoms with Crippen LogP contribution in [0.25, 0.3) is 10.8 Å². The normalized spacial score (nSPS) is 24.4. The highest BCUT2D eigenvalue weighted by Gasteiger charge is 2.59. The predicted molar refractivity (Wildman–Crippen MR) is 104 cm³/mol. The topological polar surface area (TPSA) is 74.4 Å². The molecule has 1 aliphatic carbocycles.